The summed E-state index contributed by atoms with van der Waals surface area (Å²) < 4.78 is 5.76. The lowest BCUT2D eigenvalue weighted by Crippen LogP contribution is -2.31. The summed E-state index contributed by atoms with van der Waals surface area (Å²) in [5.41, 5.74) is 2.65. The van der Waals surface area contributed by atoms with E-state index in [1.54, 1.807) is 0 Å². The van der Waals surface area contributed by atoms with Crippen molar-refractivity contribution < 1.29 is 9.53 Å². The number of amides is 1. The molecule has 3 aromatic carbocycles. The number of carbonyl (C=O) groups excluding carboxylic acids is 1. The molecule has 1 heterocycles. The predicted molar refractivity (Wildman–Crippen MR) is 121 cm³/mol. The SMILES string of the molecule is CCOc1ccccc1[C@@H]1CC(=O)NC(SCc2cccc3ccccc23)=C1C#N. The van der Waals surface area contributed by atoms with E-state index in [0.29, 0.717) is 23.0 Å². The van der Waals surface area contributed by atoms with E-state index < -0.39 is 0 Å². The Balaban J connectivity index is 1.67. The number of allylic oxidation sites excluding steroid dienone is 1. The fourth-order valence-corrected chi connectivity index (χ4v) is 4.90. The van der Waals surface area contributed by atoms with Gasteiger partial charge in [0, 0.05) is 23.7 Å². The molecular weight excluding hydrogens is 392 g/mol. The number of rotatable bonds is 6. The molecule has 0 fully saturated rings. The van der Waals surface area contributed by atoms with Crippen molar-refractivity contribution in [2.45, 2.75) is 25.0 Å². The lowest BCUT2D eigenvalue weighted by molar-refractivity contribution is -0.120. The van der Waals surface area contributed by atoms with Crippen molar-refractivity contribution in [2.24, 2.45) is 0 Å². The van der Waals surface area contributed by atoms with Crippen LogP contribution in [0.3, 0.4) is 0 Å². The lowest BCUT2D eigenvalue weighted by atomic mass is 9.86. The summed E-state index contributed by atoms with van der Waals surface area (Å²) in [6.45, 7) is 2.46. The van der Waals surface area contributed by atoms with Gasteiger partial charge in [-0.15, -0.1) is 11.8 Å². The van der Waals surface area contributed by atoms with Gasteiger partial charge in [-0.2, -0.15) is 5.26 Å². The molecule has 0 bridgehead atoms. The zero-order valence-corrected chi connectivity index (χ0v) is 17.5. The fraction of sp³-hybridized carbons (Fsp3) is 0.200. The fourth-order valence-electron chi connectivity index (χ4n) is 3.82. The first-order chi connectivity index (χ1) is 14.7. The molecule has 0 radical (unpaired) electrons. The minimum absolute atomic E-state index is 0.0780. The number of nitriles is 1. The van der Waals surface area contributed by atoms with Crippen molar-refractivity contribution in [1.82, 2.24) is 5.32 Å². The molecular formula is C25H22N2O2S. The first kappa shape index (κ1) is 20.1. The number of ether oxygens (including phenoxy) is 1. The van der Waals surface area contributed by atoms with Crippen LogP contribution in [0.25, 0.3) is 10.8 Å². The molecule has 0 unspecified atom stereocenters. The van der Waals surface area contributed by atoms with E-state index in [2.05, 4.69) is 35.7 Å². The van der Waals surface area contributed by atoms with Crippen LogP contribution in [0.15, 0.2) is 77.3 Å². The molecule has 1 aliphatic rings. The van der Waals surface area contributed by atoms with Gasteiger partial charge in [-0.25, -0.2) is 0 Å². The van der Waals surface area contributed by atoms with Crippen LogP contribution in [0.4, 0.5) is 0 Å². The number of fused-ring (bicyclic) bond motifs is 1. The van der Waals surface area contributed by atoms with Crippen LogP contribution in [0.1, 0.15) is 30.4 Å². The molecule has 30 heavy (non-hydrogen) atoms. The summed E-state index contributed by atoms with van der Waals surface area (Å²) in [5.74, 6) is 1.01. The number of carbonyl (C=O) groups is 1. The van der Waals surface area contributed by atoms with Crippen LogP contribution >= 0.6 is 11.8 Å². The summed E-state index contributed by atoms with van der Waals surface area (Å²) in [7, 11) is 0. The Hall–Kier alpha value is -3.23. The van der Waals surface area contributed by atoms with Crippen molar-refractivity contribution in [2.75, 3.05) is 6.61 Å². The molecule has 1 amide bonds. The molecule has 1 aliphatic heterocycles. The van der Waals surface area contributed by atoms with E-state index in [1.165, 1.54) is 28.1 Å². The highest BCUT2D eigenvalue weighted by molar-refractivity contribution is 8.02. The van der Waals surface area contributed by atoms with Crippen molar-refractivity contribution in [1.29, 1.82) is 5.26 Å². The molecule has 1 atom stereocenters. The largest absolute Gasteiger partial charge is 0.494 e. The van der Waals surface area contributed by atoms with Crippen LogP contribution < -0.4 is 10.1 Å². The van der Waals surface area contributed by atoms with Crippen molar-refractivity contribution in [3.63, 3.8) is 0 Å². The predicted octanol–water partition coefficient (Wildman–Crippen LogP) is 5.51. The monoisotopic (exact) mass is 414 g/mol. The zero-order chi connectivity index (χ0) is 20.9. The quantitative estimate of drug-likeness (QED) is 0.578. The number of hydrogen-bond donors (Lipinski definition) is 1. The highest BCUT2D eigenvalue weighted by atomic mass is 32.2. The summed E-state index contributed by atoms with van der Waals surface area (Å²) in [6, 6.07) is 24.5. The Bertz CT molecular complexity index is 1160. The Labute approximate surface area is 180 Å². The van der Waals surface area contributed by atoms with Gasteiger partial charge < -0.3 is 10.1 Å². The maximum absolute atomic E-state index is 12.5. The molecule has 4 rings (SSSR count). The Morgan fingerprint density at radius 2 is 1.87 bits per heavy atom. The molecule has 150 valence electrons. The first-order valence-electron chi connectivity index (χ1n) is 9.96. The van der Waals surface area contributed by atoms with Gasteiger partial charge in [-0.05, 0) is 29.3 Å². The van der Waals surface area contributed by atoms with Gasteiger partial charge in [0.25, 0.3) is 0 Å². The van der Waals surface area contributed by atoms with Gasteiger partial charge in [0.15, 0.2) is 0 Å². The van der Waals surface area contributed by atoms with Gasteiger partial charge in [0.2, 0.25) is 5.91 Å². The van der Waals surface area contributed by atoms with Gasteiger partial charge in [0.05, 0.1) is 23.3 Å². The third kappa shape index (κ3) is 4.05. The molecule has 3 aromatic rings. The second kappa shape index (κ2) is 9.06. The van der Waals surface area contributed by atoms with Crippen LogP contribution in [0.2, 0.25) is 0 Å². The minimum Gasteiger partial charge on any atom is -0.494 e. The number of para-hydroxylation sites is 1. The Kier molecular flexibility index (Phi) is 6.06. The normalized spacial score (nSPS) is 16.3. The summed E-state index contributed by atoms with van der Waals surface area (Å²) in [5, 5.41) is 15.9. The first-order valence-corrected chi connectivity index (χ1v) is 10.9. The second-order valence-corrected chi connectivity index (χ2v) is 8.04. The van der Waals surface area contributed by atoms with E-state index in [0.717, 1.165) is 11.3 Å². The van der Waals surface area contributed by atoms with Crippen molar-refractivity contribution in [3.8, 4) is 11.8 Å². The number of nitrogens with one attached hydrogen (secondary N) is 1. The summed E-state index contributed by atoms with van der Waals surface area (Å²) in [4.78, 5) is 12.5. The molecule has 0 aromatic heterocycles. The van der Waals surface area contributed by atoms with E-state index in [4.69, 9.17) is 4.74 Å². The molecule has 4 nitrogen and oxygen atoms in total. The molecule has 5 heteroatoms. The maximum atomic E-state index is 12.5. The van der Waals surface area contributed by atoms with Crippen molar-refractivity contribution in [3.05, 3.63) is 88.5 Å². The smallest absolute Gasteiger partial charge is 0.225 e. The zero-order valence-electron chi connectivity index (χ0n) is 16.7. The van der Waals surface area contributed by atoms with Gasteiger partial charge >= 0.3 is 0 Å². The lowest BCUT2D eigenvalue weighted by Gasteiger charge is -2.26. The second-order valence-electron chi connectivity index (χ2n) is 7.06. The van der Waals surface area contributed by atoms with E-state index in [1.807, 2.05) is 49.4 Å². The number of nitrogens with zero attached hydrogens (tertiary/aromatic N) is 1. The average Bonchev–Trinajstić information content (AvgIpc) is 2.78. The van der Waals surface area contributed by atoms with E-state index in [9.17, 15) is 10.1 Å². The maximum Gasteiger partial charge on any atom is 0.225 e. The Morgan fingerprint density at radius 1 is 1.10 bits per heavy atom. The van der Waals surface area contributed by atoms with Crippen LogP contribution in [0, 0.1) is 11.3 Å². The molecule has 1 N–H and O–H groups in total. The Morgan fingerprint density at radius 3 is 2.70 bits per heavy atom. The van der Waals surface area contributed by atoms with Crippen LogP contribution in [0.5, 0.6) is 5.75 Å². The molecule has 0 saturated carbocycles. The third-order valence-corrected chi connectivity index (χ3v) is 6.27. The van der Waals surface area contributed by atoms with E-state index in [-0.39, 0.29) is 18.2 Å². The van der Waals surface area contributed by atoms with Gasteiger partial charge in [0.1, 0.15) is 5.75 Å². The van der Waals surface area contributed by atoms with E-state index >= 15 is 0 Å². The summed E-state index contributed by atoms with van der Waals surface area (Å²) >= 11 is 1.50. The number of benzene rings is 3. The number of hydrogen-bond acceptors (Lipinski definition) is 4. The van der Waals surface area contributed by atoms with Gasteiger partial charge in [-0.3, -0.25) is 4.79 Å². The van der Waals surface area contributed by atoms with Crippen LogP contribution in [-0.2, 0) is 10.5 Å². The summed E-state index contributed by atoms with van der Waals surface area (Å²) in [6.07, 6.45) is 0.241. The average molecular weight is 415 g/mol. The number of thioether (sulfide) groups is 1. The highest BCUT2D eigenvalue weighted by Crippen LogP contribution is 2.40. The third-order valence-electron chi connectivity index (χ3n) is 5.20. The minimum atomic E-state index is -0.304. The van der Waals surface area contributed by atoms with Gasteiger partial charge in [-0.1, -0.05) is 60.7 Å². The highest BCUT2D eigenvalue weighted by Gasteiger charge is 2.31. The molecule has 0 aliphatic carbocycles. The molecule has 0 spiro atoms. The molecule has 0 saturated heterocycles. The topological polar surface area (TPSA) is 62.1 Å². The standard InChI is InChI=1S/C25H22N2O2S/c1-2-29-23-13-6-5-12-20(23)21-14-24(28)27-25(22(21)15-26)30-16-18-10-7-9-17-8-3-4-11-19(17)18/h3-13,21H,2,14,16H2,1H3,(H,27,28)/t21-/m0/s1. The van der Waals surface area contributed by atoms with Crippen LogP contribution in [-0.4, -0.2) is 12.5 Å². The van der Waals surface area contributed by atoms with Crippen molar-refractivity contribution >= 4 is 28.4 Å².